The monoisotopic (exact) mass is 356 g/mol. The van der Waals surface area contributed by atoms with Crippen molar-refractivity contribution in [3.05, 3.63) is 45.9 Å². The summed E-state index contributed by atoms with van der Waals surface area (Å²) < 4.78 is 1.63. The Bertz CT molecular complexity index is 761. The number of pyridine rings is 1. The maximum absolute atomic E-state index is 12.0. The van der Waals surface area contributed by atoms with E-state index in [0.717, 1.165) is 6.54 Å². The predicted octanol–water partition coefficient (Wildman–Crippen LogP) is -0.495. The standard InChI is InChI=1S/C15H20N4O4.ClH/c1-17(2)8-6-16-15(21)10-18-7-5-14(20)12-9-11(19(22)23)3-4-13(12)18;/h3-5,7,9,19,22H,6,8,10H2,1-2H3,(H,16,21);1H. The van der Waals surface area contributed by atoms with Crippen LogP contribution in [-0.2, 0) is 11.3 Å². The highest BCUT2D eigenvalue weighted by atomic mass is 35.5. The molecular formula is C15H21ClN4O4. The van der Waals surface area contributed by atoms with E-state index < -0.39 is 5.23 Å². The first-order valence-electron chi connectivity index (χ1n) is 7.16. The summed E-state index contributed by atoms with van der Waals surface area (Å²) >= 11 is 0. The van der Waals surface area contributed by atoms with Crippen LogP contribution in [0.25, 0.3) is 10.9 Å². The van der Waals surface area contributed by atoms with E-state index in [-0.39, 0.29) is 41.4 Å². The number of carbonyl (C=O) groups excluding carboxylic acids is 1. The number of hydrogen-bond acceptors (Lipinski definition) is 5. The molecule has 1 aromatic carbocycles. The van der Waals surface area contributed by atoms with Crippen molar-refractivity contribution in [1.82, 2.24) is 14.8 Å². The minimum absolute atomic E-state index is 0. The molecule has 132 valence electrons. The van der Waals surface area contributed by atoms with Crippen molar-refractivity contribution >= 4 is 34.9 Å². The summed E-state index contributed by atoms with van der Waals surface area (Å²) in [6.07, 6.45) is 1.54. The van der Waals surface area contributed by atoms with E-state index in [9.17, 15) is 14.8 Å². The number of likely N-dealkylation sites (N-methyl/N-ethyl adjacent to an activating group) is 1. The van der Waals surface area contributed by atoms with Crippen LogP contribution in [0.4, 0.5) is 5.69 Å². The van der Waals surface area contributed by atoms with Gasteiger partial charge in [-0.05, 0) is 20.2 Å². The molecule has 1 amide bonds. The normalized spacial score (nSPS) is 12.0. The van der Waals surface area contributed by atoms with Crippen LogP contribution < -0.4 is 16.0 Å². The number of nitrogens with one attached hydrogen (secondary N) is 2. The van der Waals surface area contributed by atoms with Crippen LogP contribution in [0.5, 0.6) is 0 Å². The molecule has 0 spiro atoms. The predicted molar refractivity (Wildman–Crippen MR) is 92.8 cm³/mol. The fraction of sp³-hybridized carbons (Fsp3) is 0.333. The van der Waals surface area contributed by atoms with Crippen molar-refractivity contribution in [2.24, 2.45) is 0 Å². The lowest BCUT2D eigenvalue weighted by Gasteiger charge is -2.15. The fourth-order valence-electron chi connectivity index (χ4n) is 2.21. The van der Waals surface area contributed by atoms with Crippen molar-refractivity contribution in [1.29, 1.82) is 0 Å². The molecule has 1 atom stereocenters. The van der Waals surface area contributed by atoms with Crippen LogP contribution in [-0.4, -0.2) is 47.8 Å². The van der Waals surface area contributed by atoms with Crippen molar-refractivity contribution in [2.45, 2.75) is 6.54 Å². The highest BCUT2D eigenvalue weighted by Gasteiger charge is 2.10. The zero-order valence-electron chi connectivity index (χ0n) is 13.5. The smallest absolute Gasteiger partial charge is 0.239 e. The molecule has 0 aliphatic carbocycles. The molecule has 0 saturated carbocycles. The average Bonchev–Trinajstić information content (AvgIpc) is 2.49. The van der Waals surface area contributed by atoms with Gasteiger partial charge < -0.3 is 20.0 Å². The van der Waals surface area contributed by atoms with Crippen molar-refractivity contribution in [3.8, 4) is 0 Å². The fourth-order valence-corrected chi connectivity index (χ4v) is 2.21. The minimum Gasteiger partial charge on any atom is -0.595 e. The molecule has 0 radical (unpaired) electrons. The van der Waals surface area contributed by atoms with E-state index in [2.05, 4.69) is 5.32 Å². The first kappa shape index (κ1) is 20.1. The van der Waals surface area contributed by atoms with Crippen molar-refractivity contribution in [2.75, 3.05) is 27.2 Å². The van der Waals surface area contributed by atoms with Crippen LogP contribution in [0.1, 0.15) is 0 Å². The Hall–Kier alpha value is -1.97. The zero-order chi connectivity index (χ0) is 17.0. The molecule has 2 aromatic rings. The molecule has 8 nitrogen and oxygen atoms in total. The Kier molecular flexibility index (Phi) is 7.33. The summed E-state index contributed by atoms with van der Waals surface area (Å²) in [5.74, 6) is -0.167. The summed E-state index contributed by atoms with van der Waals surface area (Å²) in [7, 11) is 3.84. The van der Waals surface area contributed by atoms with E-state index in [0.29, 0.717) is 12.1 Å². The molecule has 1 heterocycles. The number of aromatic nitrogens is 1. The lowest BCUT2D eigenvalue weighted by atomic mass is 10.2. The highest BCUT2D eigenvalue weighted by Crippen LogP contribution is 2.13. The summed E-state index contributed by atoms with van der Waals surface area (Å²) in [5.41, 5.74) is 0.306. The van der Waals surface area contributed by atoms with Crippen LogP contribution in [0, 0.1) is 5.21 Å². The Labute approximate surface area is 145 Å². The maximum atomic E-state index is 12.0. The molecule has 0 fully saturated rings. The topological polar surface area (TPSA) is 102 Å². The van der Waals surface area contributed by atoms with Gasteiger partial charge in [-0.25, -0.2) is 5.21 Å². The van der Waals surface area contributed by atoms with Gasteiger partial charge in [-0.15, -0.1) is 12.4 Å². The maximum Gasteiger partial charge on any atom is 0.239 e. The lowest BCUT2D eigenvalue weighted by molar-refractivity contribution is -0.991. The van der Waals surface area contributed by atoms with Crippen molar-refractivity contribution < 1.29 is 15.2 Å². The molecule has 1 unspecified atom stereocenters. The number of rotatable bonds is 6. The summed E-state index contributed by atoms with van der Waals surface area (Å²) in [6.45, 7) is 1.34. The Balaban J connectivity index is 0.00000288. The molecule has 0 bridgehead atoms. The highest BCUT2D eigenvalue weighted by molar-refractivity contribution is 5.85. The zero-order valence-corrected chi connectivity index (χ0v) is 14.3. The average molecular weight is 357 g/mol. The Morgan fingerprint density at radius 2 is 2.08 bits per heavy atom. The third-order valence-electron chi connectivity index (χ3n) is 3.42. The second-order valence-electron chi connectivity index (χ2n) is 5.50. The molecule has 0 saturated heterocycles. The van der Waals surface area contributed by atoms with Crippen LogP contribution in [0.15, 0.2) is 35.3 Å². The molecular weight excluding hydrogens is 336 g/mol. The Morgan fingerprint density at radius 3 is 2.71 bits per heavy atom. The molecule has 24 heavy (non-hydrogen) atoms. The van der Waals surface area contributed by atoms with Crippen LogP contribution in [0.3, 0.4) is 0 Å². The number of benzene rings is 1. The molecule has 3 N–H and O–H groups in total. The quantitative estimate of drug-likeness (QED) is 0.606. The molecule has 2 rings (SSSR count). The molecule has 0 aliphatic rings. The van der Waals surface area contributed by atoms with Gasteiger partial charge in [0.2, 0.25) is 5.91 Å². The number of halogens is 1. The van der Waals surface area contributed by atoms with Gasteiger partial charge in [-0.1, -0.05) is 0 Å². The first-order chi connectivity index (χ1) is 10.9. The molecule has 0 aliphatic heterocycles. The number of nitrogens with zero attached hydrogens (tertiary/aromatic N) is 2. The van der Waals surface area contributed by atoms with E-state index >= 15 is 0 Å². The van der Waals surface area contributed by atoms with Crippen LogP contribution in [0.2, 0.25) is 0 Å². The van der Waals surface area contributed by atoms with Gasteiger partial charge in [0.1, 0.15) is 6.54 Å². The largest absolute Gasteiger partial charge is 0.595 e. The Morgan fingerprint density at radius 1 is 1.38 bits per heavy atom. The number of carbonyl (C=O) groups is 1. The molecule has 9 heteroatoms. The van der Waals surface area contributed by atoms with Crippen LogP contribution >= 0.6 is 12.4 Å². The van der Waals surface area contributed by atoms with Gasteiger partial charge >= 0.3 is 0 Å². The van der Waals surface area contributed by atoms with E-state index in [1.807, 2.05) is 19.0 Å². The van der Waals surface area contributed by atoms with Gasteiger partial charge in [0.25, 0.3) is 0 Å². The van der Waals surface area contributed by atoms with Gasteiger partial charge in [0.15, 0.2) is 11.1 Å². The second kappa shape index (κ2) is 8.76. The number of hydrogen-bond donors (Lipinski definition) is 3. The molecule has 1 aromatic heterocycles. The summed E-state index contributed by atoms with van der Waals surface area (Å²) in [6, 6.07) is 5.64. The third kappa shape index (κ3) is 5.02. The number of quaternary nitrogens is 1. The van der Waals surface area contributed by atoms with Crippen molar-refractivity contribution in [3.63, 3.8) is 0 Å². The van der Waals surface area contributed by atoms with E-state index in [1.54, 1.807) is 10.6 Å². The SMILES string of the molecule is CN(C)CCNC(=O)Cn1ccc(=O)c2cc([NH+]([O-])O)ccc21.Cl. The lowest BCUT2D eigenvalue weighted by Crippen LogP contribution is -2.99. The first-order valence-corrected chi connectivity index (χ1v) is 7.16. The van der Waals surface area contributed by atoms with Gasteiger partial charge in [-0.2, -0.15) is 5.23 Å². The number of fused-ring (bicyclic) bond motifs is 1. The minimum atomic E-state index is -1.09. The van der Waals surface area contributed by atoms with Gasteiger partial charge in [-0.3, -0.25) is 9.59 Å². The number of amides is 1. The second-order valence-corrected chi connectivity index (χ2v) is 5.50. The van der Waals surface area contributed by atoms with E-state index in [4.69, 9.17) is 5.21 Å². The summed E-state index contributed by atoms with van der Waals surface area (Å²) in [5, 5.41) is 22.0. The third-order valence-corrected chi connectivity index (χ3v) is 3.42. The van der Waals surface area contributed by atoms with E-state index in [1.165, 1.54) is 24.4 Å². The summed E-state index contributed by atoms with van der Waals surface area (Å²) in [4.78, 5) is 25.9. The van der Waals surface area contributed by atoms with Gasteiger partial charge in [0.05, 0.1) is 10.9 Å². The van der Waals surface area contributed by atoms with Gasteiger partial charge in [0, 0.05) is 37.5 Å².